The van der Waals surface area contributed by atoms with Gasteiger partial charge in [0.05, 0.1) is 13.2 Å². The average Bonchev–Trinajstić information content (AvgIpc) is 2.45. The van der Waals surface area contributed by atoms with Gasteiger partial charge in [-0.25, -0.2) is 0 Å². The number of morpholine rings is 1. The molecule has 0 aliphatic carbocycles. The second kappa shape index (κ2) is 6.89. The molecular weight excluding hydrogens is 264 g/mol. The Hall–Kier alpha value is -1.10. The molecule has 0 saturated carbocycles. The number of carbonyl (C=O) groups is 1. The molecule has 1 fully saturated rings. The summed E-state index contributed by atoms with van der Waals surface area (Å²) in [6.07, 6.45) is 0. The molecule has 0 N–H and O–H groups in total. The van der Waals surface area contributed by atoms with Gasteiger partial charge in [0.2, 0.25) is 0 Å². The molecule has 0 spiro atoms. The first-order valence-electron chi connectivity index (χ1n) is 6.48. The summed E-state index contributed by atoms with van der Waals surface area (Å²) < 4.78 is 5.30. The lowest BCUT2D eigenvalue weighted by atomic mass is 10.2. The summed E-state index contributed by atoms with van der Waals surface area (Å²) in [6, 6.07) is 7.06. The van der Waals surface area contributed by atoms with Gasteiger partial charge in [0, 0.05) is 43.8 Å². The first-order chi connectivity index (χ1) is 9.16. The smallest absolute Gasteiger partial charge is 0.253 e. The van der Waals surface area contributed by atoms with Crippen LogP contribution in [0.2, 0.25) is 5.02 Å². The van der Waals surface area contributed by atoms with Crippen molar-refractivity contribution < 1.29 is 9.53 Å². The van der Waals surface area contributed by atoms with Crippen LogP contribution in [0.4, 0.5) is 0 Å². The van der Waals surface area contributed by atoms with Gasteiger partial charge < -0.3 is 9.64 Å². The molecule has 0 bridgehead atoms. The van der Waals surface area contributed by atoms with Gasteiger partial charge in [0.1, 0.15) is 0 Å². The average molecular weight is 283 g/mol. The Labute approximate surface area is 118 Å². The Balaban J connectivity index is 1.85. The molecule has 1 aromatic carbocycles. The topological polar surface area (TPSA) is 32.8 Å². The third kappa shape index (κ3) is 4.20. The third-order valence-corrected chi connectivity index (χ3v) is 3.51. The number of rotatable bonds is 4. The Morgan fingerprint density at radius 3 is 2.84 bits per heavy atom. The Morgan fingerprint density at radius 1 is 1.42 bits per heavy atom. The highest BCUT2D eigenvalue weighted by molar-refractivity contribution is 6.30. The van der Waals surface area contributed by atoms with Crippen LogP contribution in [0.3, 0.4) is 0 Å². The van der Waals surface area contributed by atoms with Crippen molar-refractivity contribution in [2.24, 2.45) is 0 Å². The van der Waals surface area contributed by atoms with Crippen LogP contribution in [-0.4, -0.2) is 62.1 Å². The Bertz CT molecular complexity index is 433. The van der Waals surface area contributed by atoms with E-state index in [-0.39, 0.29) is 5.91 Å². The fourth-order valence-electron chi connectivity index (χ4n) is 2.06. The minimum atomic E-state index is 0.00996. The monoisotopic (exact) mass is 282 g/mol. The van der Waals surface area contributed by atoms with Crippen molar-refractivity contribution in [2.45, 2.75) is 0 Å². The number of carbonyl (C=O) groups excluding carboxylic acids is 1. The number of ether oxygens (including phenoxy) is 1. The number of likely N-dealkylation sites (N-methyl/N-ethyl adjacent to an activating group) is 1. The minimum Gasteiger partial charge on any atom is -0.379 e. The first kappa shape index (κ1) is 14.3. The van der Waals surface area contributed by atoms with Crippen LogP contribution >= 0.6 is 11.6 Å². The quantitative estimate of drug-likeness (QED) is 0.843. The number of hydrogen-bond donors (Lipinski definition) is 0. The summed E-state index contributed by atoms with van der Waals surface area (Å²) in [5.74, 6) is 0.00996. The minimum absolute atomic E-state index is 0.00996. The molecule has 1 aromatic rings. The summed E-state index contributed by atoms with van der Waals surface area (Å²) in [5, 5.41) is 0.590. The molecule has 1 heterocycles. The van der Waals surface area contributed by atoms with Crippen molar-refractivity contribution in [1.29, 1.82) is 0 Å². The van der Waals surface area contributed by atoms with E-state index in [0.29, 0.717) is 17.1 Å². The molecule has 0 atom stereocenters. The van der Waals surface area contributed by atoms with Crippen LogP contribution < -0.4 is 0 Å². The molecule has 1 aliphatic rings. The number of nitrogens with zero attached hydrogens (tertiary/aromatic N) is 2. The third-order valence-electron chi connectivity index (χ3n) is 3.27. The van der Waals surface area contributed by atoms with Crippen molar-refractivity contribution in [3.8, 4) is 0 Å². The Morgan fingerprint density at radius 2 is 2.16 bits per heavy atom. The van der Waals surface area contributed by atoms with Crippen molar-refractivity contribution >= 4 is 17.5 Å². The van der Waals surface area contributed by atoms with Crippen molar-refractivity contribution in [1.82, 2.24) is 9.80 Å². The predicted octanol–water partition coefficient (Wildman–Crippen LogP) is 1.74. The molecule has 1 aliphatic heterocycles. The standard InChI is InChI=1S/C14H19ClN2O2/c1-16(5-6-17-7-9-19-10-8-17)14(18)12-3-2-4-13(15)11-12/h2-4,11H,5-10H2,1H3. The first-order valence-corrected chi connectivity index (χ1v) is 6.86. The van der Waals surface area contributed by atoms with Crippen molar-refractivity contribution in [3.05, 3.63) is 34.9 Å². The number of benzene rings is 1. The number of hydrogen-bond acceptors (Lipinski definition) is 3. The maximum atomic E-state index is 12.2. The molecule has 0 aromatic heterocycles. The van der Waals surface area contributed by atoms with Crippen molar-refractivity contribution in [3.63, 3.8) is 0 Å². The summed E-state index contributed by atoms with van der Waals surface area (Å²) >= 11 is 5.90. The van der Waals surface area contributed by atoms with Crippen molar-refractivity contribution in [2.75, 3.05) is 46.4 Å². The molecule has 19 heavy (non-hydrogen) atoms. The molecule has 1 amide bonds. The zero-order valence-corrected chi connectivity index (χ0v) is 11.9. The zero-order chi connectivity index (χ0) is 13.7. The van der Waals surface area contributed by atoms with Gasteiger partial charge in [-0.15, -0.1) is 0 Å². The molecular formula is C14H19ClN2O2. The van der Waals surface area contributed by atoms with E-state index in [4.69, 9.17) is 16.3 Å². The molecule has 2 rings (SSSR count). The summed E-state index contributed by atoms with van der Waals surface area (Å²) in [7, 11) is 1.82. The van der Waals surface area contributed by atoms with Crippen LogP contribution in [0.25, 0.3) is 0 Å². The fraction of sp³-hybridized carbons (Fsp3) is 0.500. The lowest BCUT2D eigenvalue weighted by Crippen LogP contribution is -2.41. The highest BCUT2D eigenvalue weighted by Crippen LogP contribution is 2.12. The highest BCUT2D eigenvalue weighted by atomic mass is 35.5. The molecule has 1 saturated heterocycles. The lowest BCUT2D eigenvalue weighted by molar-refractivity contribution is 0.0338. The maximum Gasteiger partial charge on any atom is 0.253 e. The van der Waals surface area contributed by atoms with E-state index < -0.39 is 0 Å². The van der Waals surface area contributed by atoms with E-state index in [1.807, 2.05) is 7.05 Å². The van der Waals surface area contributed by atoms with E-state index >= 15 is 0 Å². The predicted molar refractivity (Wildman–Crippen MR) is 75.7 cm³/mol. The van der Waals surface area contributed by atoms with E-state index in [1.165, 1.54) is 0 Å². The molecule has 4 nitrogen and oxygen atoms in total. The van der Waals surface area contributed by atoms with E-state index in [0.717, 1.165) is 32.8 Å². The summed E-state index contributed by atoms with van der Waals surface area (Å²) in [4.78, 5) is 16.2. The Kier molecular flexibility index (Phi) is 5.19. The maximum absolute atomic E-state index is 12.2. The lowest BCUT2D eigenvalue weighted by Gasteiger charge is -2.28. The second-order valence-corrected chi connectivity index (χ2v) is 5.13. The van der Waals surface area contributed by atoms with E-state index in [1.54, 1.807) is 29.2 Å². The SMILES string of the molecule is CN(CCN1CCOCC1)C(=O)c1cccc(Cl)c1. The van der Waals surface area contributed by atoms with Gasteiger partial charge in [-0.3, -0.25) is 9.69 Å². The van der Waals surface area contributed by atoms with Gasteiger partial charge in [-0.05, 0) is 18.2 Å². The summed E-state index contributed by atoms with van der Waals surface area (Å²) in [6.45, 7) is 5.05. The number of halogens is 1. The van der Waals surface area contributed by atoms with Crippen LogP contribution in [0.5, 0.6) is 0 Å². The molecule has 5 heteroatoms. The molecule has 0 unspecified atom stereocenters. The molecule has 0 radical (unpaired) electrons. The van der Waals surface area contributed by atoms with E-state index in [9.17, 15) is 4.79 Å². The van der Waals surface area contributed by atoms with Gasteiger partial charge >= 0.3 is 0 Å². The van der Waals surface area contributed by atoms with Crippen LogP contribution in [-0.2, 0) is 4.74 Å². The van der Waals surface area contributed by atoms with Gasteiger partial charge in [0.25, 0.3) is 5.91 Å². The van der Waals surface area contributed by atoms with Crippen LogP contribution in [0.1, 0.15) is 10.4 Å². The number of amides is 1. The van der Waals surface area contributed by atoms with E-state index in [2.05, 4.69) is 4.90 Å². The molecule has 104 valence electrons. The fourth-order valence-corrected chi connectivity index (χ4v) is 2.25. The van der Waals surface area contributed by atoms with Gasteiger partial charge in [0.15, 0.2) is 0 Å². The highest BCUT2D eigenvalue weighted by Gasteiger charge is 2.15. The zero-order valence-electron chi connectivity index (χ0n) is 11.1. The summed E-state index contributed by atoms with van der Waals surface area (Å²) in [5.41, 5.74) is 0.636. The normalized spacial score (nSPS) is 16.3. The van der Waals surface area contributed by atoms with Crippen LogP contribution in [0, 0.1) is 0 Å². The second-order valence-electron chi connectivity index (χ2n) is 4.69. The van der Waals surface area contributed by atoms with Gasteiger partial charge in [-0.2, -0.15) is 0 Å². The van der Waals surface area contributed by atoms with Gasteiger partial charge in [-0.1, -0.05) is 17.7 Å². The largest absolute Gasteiger partial charge is 0.379 e. The van der Waals surface area contributed by atoms with Crippen LogP contribution in [0.15, 0.2) is 24.3 Å².